The monoisotopic (exact) mass is 379 g/mol. The molecule has 0 amide bonds. The van der Waals surface area contributed by atoms with Gasteiger partial charge < -0.3 is 4.57 Å². The van der Waals surface area contributed by atoms with Crippen LogP contribution in [0.2, 0.25) is 0 Å². The number of hydrogen-bond donors (Lipinski definition) is 0. The van der Waals surface area contributed by atoms with E-state index in [-0.39, 0.29) is 0 Å². The van der Waals surface area contributed by atoms with E-state index >= 15 is 0 Å². The minimum atomic E-state index is 0.541. The summed E-state index contributed by atoms with van der Waals surface area (Å²) >= 11 is 7.21. The quantitative estimate of drug-likeness (QED) is 0.511. The van der Waals surface area contributed by atoms with Gasteiger partial charge in [-0.1, -0.05) is 57.0 Å². The van der Waals surface area contributed by atoms with Crippen LogP contribution in [0.25, 0.3) is 21.8 Å². The van der Waals surface area contributed by atoms with E-state index in [1.165, 1.54) is 21.8 Å². The normalized spacial score (nSPS) is 13.2. The SMILES string of the molecule is CC(Br)CCn1c2ccccc2c2cc(Br)ccc21. The fraction of sp³-hybridized carbons (Fsp3) is 0.250. The van der Waals surface area contributed by atoms with Crippen molar-refractivity contribution in [3.05, 3.63) is 46.9 Å². The van der Waals surface area contributed by atoms with Crippen molar-refractivity contribution in [3.8, 4) is 0 Å². The molecule has 1 heterocycles. The van der Waals surface area contributed by atoms with E-state index in [1.54, 1.807) is 0 Å². The van der Waals surface area contributed by atoms with Crippen molar-refractivity contribution in [2.45, 2.75) is 24.7 Å². The van der Waals surface area contributed by atoms with Gasteiger partial charge in [0.05, 0.1) is 0 Å². The van der Waals surface area contributed by atoms with Crippen LogP contribution in [0, 0.1) is 0 Å². The zero-order chi connectivity index (χ0) is 13.4. The predicted octanol–water partition coefficient (Wildman–Crippen LogP) is 5.73. The Bertz CT molecular complexity index is 728. The fourth-order valence-electron chi connectivity index (χ4n) is 2.57. The van der Waals surface area contributed by atoms with Gasteiger partial charge in [0, 0.05) is 37.7 Å². The molecule has 19 heavy (non-hydrogen) atoms. The maximum Gasteiger partial charge on any atom is 0.0492 e. The molecule has 0 radical (unpaired) electrons. The molecular formula is C16H15Br2N. The lowest BCUT2D eigenvalue weighted by atomic mass is 10.2. The van der Waals surface area contributed by atoms with Gasteiger partial charge in [0.2, 0.25) is 0 Å². The third-order valence-electron chi connectivity index (χ3n) is 3.48. The molecule has 0 bridgehead atoms. The summed E-state index contributed by atoms with van der Waals surface area (Å²) in [7, 11) is 0. The maximum absolute atomic E-state index is 3.64. The topological polar surface area (TPSA) is 4.93 Å². The molecule has 0 aliphatic carbocycles. The van der Waals surface area contributed by atoms with Crippen LogP contribution < -0.4 is 0 Å². The van der Waals surface area contributed by atoms with Crippen molar-refractivity contribution in [2.75, 3.05) is 0 Å². The zero-order valence-corrected chi connectivity index (χ0v) is 13.9. The van der Waals surface area contributed by atoms with E-state index in [1.807, 2.05) is 0 Å². The van der Waals surface area contributed by atoms with Gasteiger partial charge in [-0.3, -0.25) is 0 Å². The summed E-state index contributed by atoms with van der Waals surface area (Å²) in [4.78, 5) is 0.541. The van der Waals surface area contributed by atoms with E-state index in [9.17, 15) is 0 Å². The lowest BCUT2D eigenvalue weighted by Gasteiger charge is -2.08. The Morgan fingerprint density at radius 2 is 1.79 bits per heavy atom. The molecule has 3 aromatic rings. The number of para-hydroxylation sites is 1. The molecule has 0 N–H and O–H groups in total. The van der Waals surface area contributed by atoms with Crippen molar-refractivity contribution in [3.63, 3.8) is 0 Å². The van der Waals surface area contributed by atoms with Gasteiger partial charge in [0.15, 0.2) is 0 Å². The van der Waals surface area contributed by atoms with Crippen LogP contribution in [0.5, 0.6) is 0 Å². The first kappa shape index (κ1) is 13.2. The predicted molar refractivity (Wildman–Crippen MR) is 90.2 cm³/mol. The van der Waals surface area contributed by atoms with Crippen molar-refractivity contribution in [1.82, 2.24) is 4.57 Å². The highest BCUT2D eigenvalue weighted by Gasteiger charge is 2.10. The maximum atomic E-state index is 3.64. The molecule has 0 aliphatic heterocycles. The number of benzene rings is 2. The van der Waals surface area contributed by atoms with Gasteiger partial charge in [0.1, 0.15) is 0 Å². The van der Waals surface area contributed by atoms with Gasteiger partial charge in [-0.2, -0.15) is 0 Å². The Kier molecular flexibility index (Phi) is 3.68. The molecule has 98 valence electrons. The third kappa shape index (κ3) is 2.46. The Hall–Kier alpha value is -0.800. The largest absolute Gasteiger partial charge is 0.340 e. The number of halogens is 2. The van der Waals surface area contributed by atoms with E-state index in [2.05, 4.69) is 85.8 Å². The van der Waals surface area contributed by atoms with Crippen LogP contribution >= 0.6 is 31.9 Å². The third-order valence-corrected chi connectivity index (χ3v) is 4.44. The van der Waals surface area contributed by atoms with Gasteiger partial charge in [0.25, 0.3) is 0 Å². The molecule has 1 aromatic heterocycles. The van der Waals surface area contributed by atoms with Crippen LogP contribution in [0.3, 0.4) is 0 Å². The highest BCUT2D eigenvalue weighted by Crippen LogP contribution is 2.31. The van der Waals surface area contributed by atoms with Gasteiger partial charge >= 0.3 is 0 Å². The molecule has 1 nitrogen and oxygen atoms in total. The number of nitrogens with zero attached hydrogens (tertiary/aromatic N) is 1. The minimum absolute atomic E-state index is 0.541. The van der Waals surface area contributed by atoms with Crippen molar-refractivity contribution >= 4 is 53.7 Å². The second-order valence-corrected chi connectivity index (χ2v) is 7.38. The standard InChI is InChI=1S/C16H15Br2N/c1-11(17)8-9-19-15-5-3-2-4-13(15)14-10-12(18)6-7-16(14)19/h2-7,10-11H,8-9H2,1H3. The van der Waals surface area contributed by atoms with E-state index in [0.29, 0.717) is 4.83 Å². The number of alkyl halides is 1. The first-order valence-electron chi connectivity index (χ1n) is 6.47. The van der Waals surface area contributed by atoms with Crippen LogP contribution in [-0.2, 0) is 6.54 Å². The number of hydrogen-bond acceptors (Lipinski definition) is 0. The average Bonchev–Trinajstić information content (AvgIpc) is 2.70. The molecule has 3 heteroatoms. The average molecular weight is 381 g/mol. The highest BCUT2D eigenvalue weighted by molar-refractivity contribution is 9.10. The second kappa shape index (κ2) is 5.29. The number of rotatable bonds is 3. The first-order valence-corrected chi connectivity index (χ1v) is 8.18. The number of aryl methyl sites for hydroxylation is 1. The van der Waals surface area contributed by atoms with Crippen molar-refractivity contribution in [2.24, 2.45) is 0 Å². The van der Waals surface area contributed by atoms with Crippen LogP contribution in [0.15, 0.2) is 46.9 Å². The summed E-state index contributed by atoms with van der Waals surface area (Å²) in [6.45, 7) is 3.24. The second-order valence-electron chi connectivity index (χ2n) is 4.90. The number of fused-ring (bicyclic) bond motifs is 3. The summed E-state index contributed by atoms with van der Waals surface area (Å²) in [6, 6.07) is 15.2. The zero-order valence-electron chi connectivity index (χ0n) is 10.7. The van der Waals surface area contributed by atoms with Gasteiger partial charge in [-0.15, -0.1) is 0 Å². The lowest BCUT2D eigenvalue weighted by Crippen LogP contribution is -2.02. The Morgan fingerprint density at radius 3 is 2.58 bits per heavy atom. The van der Waals surface area contributed by atoms with Gasteiger partial charge in [-0.25, -0.2) is 0 Å². The summed E-state index contributed by atoms with van der Waals surface area (Å²) < 4.78 is 3.56. The van der Waals surface area contributed by atoms with Gasteiger partial charge in [-0.05, 0) is 30.7 Å². The van der Waals surface area contributed by atoms with Crippen molar-refractivity contribution in [1.29, 1.82) is 0 Å². The van der Waals surface area contributed by atoms with Crippen LogP contribution in [0.4, 0.5) is 0 Å². The molecule has 1 atom stereocenters. The van der Waals surface area contributed by atoms with E-state index < -0.39 is 0 Å². The van der Waals surface area contributed by atoms with E-state index in [4.69, 9.17) is 0 Å². The van der Waals surface area contributed by atoms with Crippen LogP contribution in [0.1, 0.15) is 13.3 Å². The molecule has 0 spiro atoms. The first-order chi connectivity index (χ1) is 9.16. The molecule has 0 fully saturated rings. The molecule has 1 unspecified atom stereocenters. The summed E-state index contributed by atoms with van der Waals surface area (Å²) in [5.41, 5.74) is 2.64. The summed E-state index contributed by atoms with van der Waals surface area (Å²) in [5, 5.41) is 2.66. The highest BCUT2D eigenvalue weighted by atomic mass is 79.9. The van der Waals surface area contributed by atoms with Crippen molar-refractivity contribution < 1.29 is 0 Å². The molecule has 0 saturated heterocycles. The molecule has 3 rings (SSSR count). The fourth-order valence-corrected chi connectivity index (χ4v) is 3.14. The lowest BCUT2D eigenvalue weighted by molar-refractivity contribution is 0.680. The molecule has 0 aliphatic rings. The Labute approximate surface area is 129 Å². The van der Waals surface area contributed by atoms with E-state index in [0.717, 1.165) is 17.4 Å². The van der Waals surface area contributed by atoms with Crippen LogP contribution in [-0.4, -0.2) is 9.39 Å². The molecular weight excluding hydrogens is 366 g/mol. The molecule has 0 saturated carbocycles. The summed E-state index contributed by atoms with van der Waals surface area (Å²) in [5.74, 6) is 0. The smallest absolute Gasteiger partial charge is 0.0492 e. The summed E-state index contributed by atoms with van der Waals surface area (Å²) in [6.07, 6.45) is 1.13. The molecule has 2 aromatic carbocycles. The Morgan fingerprint density at radius 1 is 1.05 bits per heavy atom. The number of aromatic nitrogens is 1. The Balaban J connectivity index is 2.26. The minimum Gasteiger partial charge on any atom is -0.340 e.